The molecule has 0 atom stereocenters. The molecular weight excluding hydrogens is 391 g/mol. The van der Waals surface area contributed by atoms with Crippen molar-refractivity contribution in [2.24, 2.45) is 5.92 Å². The Balaban J connectivity index is 1.92. The monoisotopic (exact) mass is 415 g/mol. The third-order valence-corrected chi connectivity index (χ3v) is 4.67. The van der Waals surface area contributed by atoms with Gasteiger partial charge in [0, 0.05) is 19.5 Å². The Labute approximate surface area is 166 Å². The number of halogens is 3. The number of nitrogens with one attached hydrogen (secondary N) is 1. The van der Waals surface area contributed by atoms with Crippen LogP contribution in [-0.4, -0.2) is 38.5 Å². The number of carbonyl (C=O) groups excluding carboxylic acids is 1. The van der Waals surface area contributed by atoms with Gasteiger partial charge in [0.25, 0.3) is 5.91 Å². The Kier molecular flexibility index (Phi) is 7.45. The second-order valence-corrected chi connectivity index (χ2v) is 7.57. The van der Waals surface area contributed by atoms with Crippen molar-refractivity contribution in [3.8, 4) is 0 Å². The van der Waals surface area contributed by atoms with Crippen LogP contribution < -0.4 is 5.32 Å². The molecule has 1 N–H and O–H groups in total. The first-order chi connectivity index (χ1) is 13.1. The number of amides is 1. The Morgan fingerprint density at radius 1 is 1.29 bits per heavy atom. The van der Waals surface area contributed by atoms with Gasteiger partial charge in [0.05, 0.1) is 11.3 Å². The number of rotatable bonds is 8. The summed E-state index contributed by atoms with van der Waals surface area (Å²) >= 11 is 1.54. The summed E-state index contributed by atoms with van der Waals surface area (Å²) in [6, 6.07) is 1.98. The van der Waals surface area contributed by atoms with Gasteiger partial charge in [0.15, 0.2) is 5.16 Å². The van der Waals surface area contributed by atoms with Crippen LogP contribution in [0.15, 0.2) is 17.3 Å². The molecule has 154 valence electrons. The van der Waals surface area contributed by atoms with E-state index in [1.165, 1.54) is 18.7 Å². The average molecular weight is 415 g/mol. The van der Waals surface area contributed by atoms with Gasteiger partial charge in [-0.15, -0.1) is 10.2 Å². The van der Waals surface area contributed by atoms with Crippen molar-refractivity contribution >= 4 is 17.7 Å². The maximum atomic E-state index is 12.7. The number of nitrogens with zero attached hydrogens (tertiary/aromatic N) is 4. The zero-order valence-corrected chi connectivity index (χ0v) is 17.1. The van der Waals surface area contributed by atoms with E-state index in [4.69, 9.17) is 0 Å². The topological polar surface area (TPSA) is 72.7 Å². The third-order valence-electron chi connectivity index (χ3n) is 4.01. The second kappa shape index (κ2) is 9.40. The molecule has 0 spiro atoms. The van der Waals surface area contributed by atoms with Gasteiger partial charge in [-0.2, -0.15) is 13.2 Å². The molecular formula is C18H24F3N5OS. The minimum atomic E-state index is -4.53. The van der Waals surface area contributed by atoms with E-state index in [2.05, 4.69) is 38.9 Å². The summed E-state index contributed by atoms with van der Waals surface area (Å²) in [5.41, 5.74) is -0.815. The van der Waals surface area contributed by atoms with E-state index in [1.807, 2.05) is 6.26 Å². The quantitative estimate of drug-likeness (QED) is 0.525. The zero-order chi connectivity index (χ0) is 20.9. The van der Waals surface area contributed by atoms with Gasteiger partial charge in [-0.3, -0.25) is 4.79 Å². The summed E-state index contributed by atoms with van der Waals surface area (Å²) in [6.07, 6.45) is -1.29. The maximum absolute atomic E-state index is 12.7. The fraction of sp³-hybridized carbons (Fsp3) is 0.556. The van der Waals surface area contributed by atoms with Gasteiger partial charge in [0.2, 0.25) is 0 Å². The highest BCUT2D eigenvalue weighted by Gasteiger charge is 2.33. The van der Waals surface area contributed by atoms with Crippen LogP contribution in [-0.2, 0) is 19.1 Å². The zero-order valence-electron chi connectivity index (χ0n) is 16.3. The molecule has 2 aromatic heterocycles. The lowest BCUT2D eigenvalue weighted by Gasteiger charge is -2.12. The number of hydrogen-bond acceptors (Lipinski definition) is 5. The number of aryl methyl sites for hydroxylation is 2. The molecule has 0 fully saturated rings. The van der Waals surface area contributed by atoms with Crippen LogP contribution in [0.5, 0.6) is 0 Å². The Morgan fingerprint density at radius 3 is 2.57 bits per heavy atom. The van der Waals surface area contributed by atoms with Gasteiger partial charge in [-0.1, -0.05) is 25.6 Å². The molecule has 28 heavy (non-hydrogen) atoms. The smallest absolute Gasteiger partial charge is 0.352 e. The molecule has 6 nitrogen and oxygen atoms in total. The largest absolute Gasteiger partial charge is 0.433 e. The summed E-state index contributed by atoms with van der Waals surface area (Å²) in [6.45, 7) is 6.83. The Morgan fingerprint density at radius 2 is 2.00 bits per heavy atom. The van der Waals surface area contributed by atoms with Crippen LogP contribution in [0.25, 0.3) is 0 Å². The summed E-state index contributed by atoms with van der Waals surface area (Å²) in [4.78, 5) is 15.7. The summed E-state index contributed by atoms with van der Waals surface area (Å²) in [5, 5.41) is 12.0. The first kappa shape index (κ1) is 22.2. The van der Waals surface area contributed by atoms with E-state index in [1.54, 1.807) is 0 Å². The lowest BCUT2D eigenvalue weighted by molar-refractivity contribution is -0.141. The molecule has 0 aliphatic carbocycles. The fourth-order valence-electron chi connectivity index (χ4n) is 2.71. The predicted octanol–water partition coefficient (Wildman–Crippen LogP) is 3.74. The molecule has 0 unspecified atom stereocenters. The van der Waals surface area contributed by atoms with Crippen molar-refractivity contribution in [2.45, 2.75) is 51.5 Å². The van der Waals surface area contributed by atoms with Crippen molar-refractivity contribution in [2.75, 3.05) is 12.8 Å². The standard InChI is InChI=1S/C18H24F3N5OS/c1-11(2)10-26-15(24-25-17(26)28-4)6-5-9-22-16(27)13-7-8-14(18(19,20)21)23-12(13)3/h7-8,11H,5-6,9-10H2,1-4H3,(H,22,27). The minimum absolute atomic E-state index is 0.0496. The van der Waals surface area contributed by atoms with E-state index < -0.39 is 17.8 Å². The Hall–Kier alpha value is -2.10. The molecule has 2 heterocycles. The first-order valence-corrected chi connectivity index (χ1v) is 10.1. The normalized spacial score (nSPS) is 11.9. The third kappa shape index (κ3) is 5.70. The molecule has 2 rings (SSSR count). The van der Waals surface area contributed by atoms with E-state index in [9.17, 15) is 18.0 Å². The highest BCUT2D eigenvalue weighted by Crippen LogP contribution is 2.28. The molecule has 2 aromatic rings. The van der Waals surface area contributed by atoms with E-state index in [0.29, 0.717) is 25.3 Å². The Bertz CT molecular complexity index is 820. The maximum Gasteiger partial charge on any atom is 0.433 e. The van der Waals surface area contributed by atoms with Gasteiger partial charge in [0.1, 0.15) is 11.5 Å². The molecule has 0 bridgehead atoms. The van der Waals surface area contributed by atoms with Gasteiger partial charge >= 0.3 is 6.18 Å². The van der Waals surface area contributed by atoms with E-state index in [-0.39, 0.29) is 11.3 Å². The average Bonchev–Trinajstić information content (AvgIpc) is 2.98. The highest BCUT2D eigenvalue weighted by atomic mass is 32.2. The van der Waals surface area contributed by atoms with E-state index >= 15 is 0 Å². The fourth-order valence-corrected chi connectivity index (χ4v) is 3.23. The van der Waals surface area contributed by atoms with Gasteiger partial charge < -0.3 is 9.88 Å². The summed E-state index contributed by atoms with van der Waals surface area (Å²) < 4.78 is 40.1. The number of carbonyl (C=O) groups is 1. The predicted molar refractivity (Wildman–Crippen MR) is 101 cm³/mol. The SMILES string of the molecule is CSc1nnc(CCCNC(=O)c2ccc(C(F)(F)F)nc2C)n1CC(C)C. The van der Waals surface area contributed by atoms with Crippen molar-refractivity contribution < 1.29 is 18.0 Å². The molecule has 0 radical (unpaired) electrons. The summed E-state index contributed by atoms with van der Waals surface area (Å²) in [7, 11) is 0. The molecule has 0 aliphatic heterocycles. The van der Waals surface area contributed by atoms with Crippen LogP contribution in [0.3, 0.4) is 0 Å². The highest BCUT2D eigenvalue weighted by molar-refractivity contribution is 7.98. The lowest BCUT2D eigenvalue weighted by Crippen LogP contribution is -2.26. The molecule has 0 saturated carbocycles. The molecule has 0 aliphatic rings. The number of alkyl halides is 3. The second-order valence-electron chi connectivity index (χ2n) is 6.79. The van der Waals surface area contributed by atoms with Crippen LogP contribution in [0.2, 0.25) is 0 Å². The van der Waals surface area contributed by atoms with Crippen LogP contribution >= 0.6 is 11.8 Å². The molecule has 0 aromatic carbocycles. The van der Waals surface area contributed by atoms with Crippen LogP contribution in [0, 0.1) is 12.8 Å². The number of aromatic nitrogens is 4. The van der Waals surface area contributed by atoms with Crippen molar-refractivity contribution in [1.82, 2.24) is 25.1 Å². The van der Waals surface area contributed by atoms with Crippen molar-refractivity contribution in [1.29, 1.82) is 0 Å². The molecule has 1 amide bonds. The number of thioether (sulfide) groups is 1. The molecule has 0 saturated heterocycles. The van der Waals surface area contributed by atoms with Crippen molar-refractivity contribution in [3.05, 3.63) is 34.9 Å². The minimum Gasteiger partial charge on any atom is -0.352 e. The van der Waals surface area contributed by atoms with Crippen LogP contribution in [0.1, 0.15) is 47.8 Å². The first-order valence-electron chi connectivity index (χ1n) is 8.92. The van der Waals surface area contributed by atoms with Gasteiger partial charge in [-0.25, -0.2) is 4.98 Å². The lowest BCUT2D eigenvalue weighted by atomic mass is 10.1. The van der Waals surface area contributed by atoms with Crippen LogP contribution in [0.4, 0.5) is 13.2 Å². The number of pyridine rings is 1. The van der Waals surface area contributed by atoms with Crippen molar-refractivity contribution in [3.63, 3.8) is 0 Å². The molecule has 10 heteroatoms. The van der Waals surface area contributed by atoms with E-state index in [0.717, 1.165) is 29.7 Å². The van der Waals surface area contributed by atoms with Gasteiger partial charge in [-0.05, 0) is 37.7 Å². The number of hydrogen-bond donors (Lipinski definition) is 1. The summed E-state index contributed by atoms with van der Waals surface area (Å²) in [5.74, 6) is 0.877.